The van der Waals surface area contributed by atoms with Gasteiger partial charge in [0.05, 0.1) is 16.9 Å². The van der Waals surface area contributed by atoms with Gasteiger partial charge in [-0.3, -0.25) is 4.79 Å². The molecule has 0 radical (unpaired) electrons. The van der Waals surface area contributed by atoms with Crippen LogP contribution in [0.25, 0.3) is 0 Å². The van der Waals surface area contributed by atoms with Crippen LogP contribution < -0.4 is 0 Å². The van der Waals surface area contributed by atoms with Crippen molar-refractivity contribution in [2.45, 2.75) is 13.5 Å². The van der Waals surface area contributed by atoms with Crippen molar-refractivity contribution < 1.29 is 9.72 Å². The normalized spacial score (nSPS) is 9.95. The summed E-state index contributed by atoms with van der Waals surface area (Å²) in [6.07, 6.45) is 3.22. The second-order valence-electron chi connectivity index (χ2n) is 3.93. The van der Waals surface area contributed by atoms with Gasteiger partial charge in [-0.15, -0.1) is 13.2 Å². The molecule has 19 heavy (non-hydrogen) atoms. The predicted molar refractivity (Wildman–Crippen MR) is 70.6 cm³/mol. The number of carbonyl (C=O) groups excluding carboxylic acids is 1. The summed E-state index contributed by atoms with van der Waals surface area (Å²) in [7, 11) is 0. The summed E-state index contributed by atoms with van der Waals surface area (Å²) in [5.41, 5.74) is 0.567. The van der Waals surface area contributed by atoms with Crippen LogP contribution in [0.1, 0.15) is 5.69 Å². The van der Waals surface area contributed by atoms with E-state index >= 15 is 0 Å². The van der Waals surface area contributed by atoms with E-state index in [1.165, 1.54) is 15.6 Å². The molecule has 0 saturated heterocycles. The van der Waals surface area contributed by atoms with Crippen LogP contribution in [0.3, 0.4) is 0 Å². The van der Waals surface area contributed by atoms with Crippen LogP contribution in [-0.2, 0) is 11.3 Å². The molecule has 0 saturated carbocycles. The number of nitro groups is 1. The summed E-state index contributed by atoms with van der Waals surface area (Å²) in [4.78, 5) is 23.6. The molecule has 0 aromatic carbocycles. The van der Waals surface area contributed by atoms with Crippen molar-refractivity contribution in [3.05, 3.63) is 47.2 Å². The lowest BCUT2D eigenvalue weighted by molar-refractivity contribution is -0.389. The molecule has 102 valence electrons. The van der Waals surface area contributed by atoms with E-state index in [0.717, 1.165) is 0 Å². The summed E-state index contributed by atoms with van der Waals surface area (Å²) in [6.45, 7) is 9.57. The fourth-order valence-electron chi connectivity index (χ4n) is 1.56. The zero-order chi connectivity index (χ0) is 14.4. The zero-order valence-electron chi connectivity index (χ0n) is 10.8. The molecule has 1 amide bonds. The molecule has 0 bridgehead atoms. The van der Waals surface area contributed by atoms with Gasteiger partial charge < -0.3 is 15.0 Å². The van der Waals surface area contributed by atoms with E-state index < -0.39 is 4.92 Å². The van der Waals surface area contributed by atoms with Crippen molar-refractivity contribution in [2.24, 2.45) is 0 Å². The maximum atomic E-state index is 12.0. The Bertz CT molecular complexity index is 497. The van der Waals surface area contributed by atoms with Crippen LogP contribution in [0.5, 0.6) is 0 Å². The number of amides is 1. The molecule has 0 fully saturated rings. The molecular formula is C12H16N4O3. The molecule has 0 aliphatic heterocycles. The van der Waals surface area contributed by atoms with Crippen LogP contribution >= 0.6 is 0 Å². The van der Waals surface area contributed by atoms with E-state index in [9.17, 15) is 14.9 Å². The third kappa shape index (κ3) is 3.77. The first-order valence-corrected chi connectivity index (χ1v) is 5.68. The fourth-order valence-corrected chi connectivity index (χ4v) is 1.56. The van der Waals surface area contributed by atoms with Crippen molar-refractivity contribution >= 4 is 11.7 Å². The summed E-state index contributed by atoms with van der Waals surface area (Å²) in [6, 6.07) is 1.33. The van der Waals surface area contributed by atoms with E-state index in [2.05, 4.69) is 18.3 Å². The van der Waals surface area contributed by atoms with Crippen molar-refractivity contribution in [1.29, 1.82) is 0 Å². The Morgan fingerprint density at radius 3 is 2.53 bits per heavy atom. The second-order valence-corrected chi connectivity index (χ2v) is 3.93. The molecule has 0 N–H and O–H groups in total. The monoisotopic (exact) mass is 264 g/mol. The maximum Gasteiger partial charge on any atom is 0.390 e. The molecule has 1 heterocycles. The number of rotatable bonds is 7. The zero-order valence-corrected chi connectivity index (χ0v) is 10.8. The van der Waals surface area contributed by atoms with Crippen LogP contribution in [-0.4, -0.2) is 38.6 Å². The van der Waals surface area contributed by atoms with Gasteiger partial charge in [-0.05, 0) is 11.8 Å². The van der Waals surface area contributed by atoms with E-state index in [4.69, 9.17) is 0 Å². The number of hydrogen-bond acceptors (Lipinski definition) is 4. The Hall–Kier alpha value is -2.44. The predicted octanol–water partition coefficient (Wildman–Crippen LogP) is 1.30. The number of aromatic nitrogens is 2. The minimum Gasteiger partial charge on any atom is -0.358 e. The van der Waals surface area contributed by atoms with Crippen molar-refractivity contribution in [1.82, 2.24) is 14.7 Å². The first-order chi connectivity index (χ1) is 8.99. The SMILES string of the molecule is C=CCN(CC=C)C(=O)Cn1nc([N+](=O)[O-])cc1C. The van der Waals surface area contributed by atoms with E-state index in [1.807, 2.05) is 0 Å². The van der Waals surface area contributed by atoms with Crippen LogP contribution in [0.2, 0.25) is 0 Å². The summed E-state index contributed by atoms with van der Waals surface area (Å²) >= 11 is 0. The molecule has 7 heteroatoms. The lowest BCUT2D eigenvalue weighted by Gasteiger charge is -2.18. The molecule has 1 aromatic rings. The van der Waals surface area contributed by atoms with Crippen LogP contribution in [0.15, 0.2) is 31.4 Å². The van der Waals surface area contributed by atoms with Gasteiger partial charge in [0.15, 0.2) is 0 Å². The summed E-state index contributed by atoms with van der Waals surface area (Å²) in [5.74, 6) is -0.454. The fraction of sp³-hybridized carbons (Fsp3) is 0.333. The first kappa shape index (κ1) is 14.6. The van der Waals surface area contributed by atoms with Crippen LogP contribution in [0.4, 0.5) is 5.82 Å². The largest absolute Gasteiger partial charge is 0.390 e. The minimum absolute atomic E-state index is 0.0403. The molecule has 7 nitrogen and oxygen atoms in total. The van der Waals surface area contributed by atoms with Gasteiger partial charge in [-0.25, -0.2) is 0 Å². The average molecular weight is 264 g/mol. The molecule has 0 spiro atoms. The third-order valence-corrected chi connectivity index (χ3v) is 2.49. The van der Waals surface area contributed by atoms with Gasteiger partial charge in [-0.1, -0.05) is 12.2 Å². The summed E-state index contributed by atoms with van der Waals surface area (Å²) < 4.78 is 1.32. The Kier molecular flexibility index (Phi) is 4.99. The van der Waals surface area contributed by atoms with E-state index in [0.29, 0.717) is 18.8 Å². The molecule has 0 aliphatic rings. The third-order valence-electron chi connectivity index (χ3n) is 2.49. The van der Waals surface area contributed by atoms with Gasteiger partial charge >= 0.3 is 5.82 Å². The lowest BCUT2D eigenvalue weighted by atomic mass is 10.4. The molecule has 0 aliphatic carbocycles. The molecule has 0 atom stereocenters. The average Bonchev–Trinajstić information content (AvgIpc) is 2.71. The van der Waals surface area contributed by atoms with Crippen LogP contribution in [0, 0.1) is 17.0 Å². The number of hydrogen-bond donors (Lipinski definition) is 0. The highest BCUT2D eigenvalue weighted by Crippen LogP contribution is 2.11. The van der Waals surface area contributed by atoms with Gasteiger partial charge in [0, 0.05) is 13.1 Å². The van der Waals surface area contributed by atoms with Crippen molar-refractivity contribution in [3.8, 4) is 0 Å². The van der Waals surface area contributed by atoms with Gasteiger partial charge in [0.25, 0.3) is 0 Å². The van der Waals surface area contributed by atoms with Gasteiger partial charge in [0.2, 0.25) is 5.91 Å². The van der Waals surface area contributed by atoms with E-state index in [1.54, 1.807) is 19.1 Å². The quantitative estimate of drug-likeness (QED) is 0.422. The molecule has 1 aromatic heterocycles. The van der Waals surface area contributed by atoms with Crippen molar-refractivity contribution in [2.75, 3.05) is 13.1 Å². The smallest absolute Gasteiger partial charge is 0.358 e. The Morgan fingerprint density at radius 2 is 2.11 bits per heavy atom. The highest BCUT2D eigenvalue weighted by molar-refractivity contribution is 5.76. The number of carbonyl (C=O) groups is 1. The second kappa shape index (κ2) is 6.48. The number of aryl methyl sites for hydroxylation is 1. The highest BCUT2D eigenvalue weighted by Gasteiger charge is 2.19. The standard InChI is InChI=1S/C12H16N4O3/c1-4-6-14(7-5-2)12(17)9-15-10(3)8-11(13-15)16(18)19/h4-5,8H,1-2,6-7,9H2,3H3. The molecular weight excluding hydrogens is 248 g/mol. The Labute approximate surface area is 111 Å². The first-order valence-electron chi connectivity index (χ1n) is 5.68. The van der Waals surface area contributed by atoms with E-state index in [-0.39, 0.29) is 18.3 Å². The minimum atomic E-state index is -0.584. The topological polar surface area (TPSA) is 81.3 Å². The molecule has 0 unspecified atom stereocenters. The van der Waals surface area contributed by atoms with Gasteiger partial charge in [0.1, 0.15) is 6.54 Å². The molecule has 1 rings (SSSR count). The van der Waals surface area contributed by atoms with Gasteiger partial charge in [-0.2, -0.15) is 4.68 Å². The van der Waals surface area contributed by atoms with Crippen molar-refractivity contribution in [3.63, 3.8) is 0 Å². The lowest BCUT2D eigenvalue weighted by Crippen LogP contribution is -2.34. The summed E-state index contributed by atoms with van der Waals surface area (Å²) in [5, 5.41) is 14.4. The number of nitrogens with zero attached hydrogens (tertiary/aromatic N) is 4. The Morgan fingerprint density at radius 1 is 1.53 bits per heavy atom. The Balaban J connectivity index is 2.82. The highest BCUT2D eigenvalue weighted by atomic mass is 16.6. The maximum absolute atomic E-state index is 12.0.